The number of aryl methyl sites for hydroxylation is 2. The van der Waals surface area contributed by atoms with Crippen LogP contribution in [-0.2, 0) is 4.79 Å². The fourth-order valence-electron chi connectivity index (χ4n) is 3.62. The quantitative estimate of drug-likeness (QED) is 0.664. The molecule has 1 aliphatic rings. The van der Waals surface area contributed by atoms with Crippen molar-refractivity contribution in [3.63, 3.8) is 0 Å². The number of carbonyl (C=O) groups excluding carboxylic acids is 1. The standard InChI is InChI=1S/C22H23N3O3/c1-4-27-18-7-5-6-16(11-18)21-23-22(28-24-21)17-12-20(26)25(13-17)19-9-8-14(2)10-15(19)3/h5-11,17H,4,12-13H2,1-3H3. The maximum absolute atomic E-state index is 12.6. The summed E-state index contributed by atoms with van der Waals surface area (Å²) < 4.78 is 11.0. The third-order valence-corrected chi connectivity index (χ3v) is 4.96. The van der Waals surface area contributed by atoms with Crippen LogP contribution in [0.1, 0.15) is 36.3 Å². The van der Waals surface area contributed by atoms with E-state index in [0.29, 0.717) is 31.3 Å². The molecule has 6 nitrogen and oxygen atoms in total. The number of ether oxygens (including phenoxy) is 1. The van der Waals surface area contributed by atoms with Crippen molar-refractivity contribution >= 4 is 11.6 Å². The Morgan fingerprint density at radius 2 is 2.07 bits per heavy atom. The van der Waals surface area contributed by atoms with Crippen LogP contribution >= 0.6 is 0 Å². The van der Waals surface area contributed by atoms with Gasteiger partial charge in [0, 0.05) is 24.2 Å². The fraction of sp³-hybridized carbons (Fsp3) is 0.318. The molecule has 3 aromatic rings. The molecule has 0 bridgehead atoms. The summed E-state index contributed by atoms with van der Waals surface area (Å²) >= 11 is 0. The number of benzene rings is 2. The largest absolute Gasteiger partial charge is 0.494 e. The van der Waals surface area contributed by atoms with E-state index in [0.717, 1.165) is 22.6 Å². The number of rotatable bonds is 5. The van der Waals surface area contributed by atoms with Crippen LogP contribution in [0.15, 0.2) is 47.0 Å². The van der Waals surface area contributed by atoms with Crippen molar-refractivity contribution in [3.05, 3.63) is 59.5 Å². The Balaban J connectivity index is 1.55. The first kappa shape index (κ1) is 18.2. The highest BCUT2D eigenvalue weighted by Gasteiger charge is 2.35. The number of anilines is 1. The van der Waals surface area contributed by atoms with Gasteiger partial charge in [-0.1, -0.05) is 35.0 Å². The lowest BCUT2D eigenvalue weighted by atomic mass is 10.1. The zero-order chi connectivity index (χ0) is 19.7. The van der Waals surface area contributed by atoms with Gasteiger partial charge in [0.1, 0.15) is 5.75 Å². The Morgan fingerprint density at radius 1 is 1.21 bits per heavy atom. The minimum atomic E-state index is -0.107. The van der Waals surface area contributed by atoms with Crippen LogP contribution in [-0.4, -0.2) is 29.2 Å². The Morgan fingerprint density at radius 3 is 2.86 bits per heavy atom. The average molecular weight is 377 g/mol. The number of amides is 1. The molecule has 1 saturated heterocycles. The van der Waals surface area contributed by atoms with Gasteiger partial charge >= 0.3 is 0 Å². The first-order valence-electron chi connectivity index (χ1n) is 9.49. The molecular formula is C22H23N3O3. The molecule has 1 unspecified atom stereocenters. The van der Waals surface area contributed by atoms with Crippen LogP contribution in [0, 0.1) is 13.8 Å². The molecule has 4 rings (SSSR count). The Hall–Kier alpha value is -3.15. The lowest BCUT2D eigenvalue weighted by Crippen LogP contribution is -2.25. The monoisotopic (exact) mass is 377 g/mol. The fourth-order valence-corrected chi connectivity index (χ4v) is 3.62. The first-order valence-corrected chi connectivity index (χ1v) is 9.49. The third kappa shape index (κ3) is 3.50. The van der Waals surface area contributed by atoms with Gasteiger partial charge < -0.3 is 14.2 Å². The summed E-state index contributed by atoms with van der Waals surface area (Å²) in [6, 6.07) is 13.7. The SMILES string of the molecule is CCOc1cccc(-c2noc(C3CC(=O)N(c4ccc(C)cc4C)C3)n2)c1. The van der Waals surface area contributed by atoms with E-state index in [1.807, 2.05) is 62.1 Å². The highest BCUT2D eigenvalue weighted by atomic mass is 16.5. The van der Waals surface area contributed by atoms with Gasteiger partial charge in [-0.3, -0.25) is 4.79 Å². The molecular weight excluding hydrogens is 354 g/mol. The number of hydrogen-bond acceptors (Lipinski definition) is 5. The third-order valence-electron chi connectivity index (χ3n) is 4.96. The van der Waals surface area contributed by atoms with Crippen molar-refractivity contribution in [2.24, 2.45) is 0 Å². The minimum Gasteiger partial charge on any atom is -0.494 e. The second-order valence-corrected chi connectivity index (χ2v) is 7.11. The lowest BCUT2D eigenvalue weighted by Gasteiger charge is -2.19. The van der Waals surface area contributed by atoms with Crippen LogP contribution in [0.3, 0.4) is 0 Å². The molecule has 0 aliphatic carbocycles. The molecule has 2 aromatic carbocycles. The zero-order valence-electron chi connectivity index (χ0n) is 16.3. The van der Waals surface area contributed by atoms with Crippen molar-refractivity contribution in [2.75, 3.05) is 18.1 Å². The van der Waals surface area contributed by atoms with Crippen LogP contribution in [0.4, 0.5) is 5.69 Å². The molecule has 1 amide bonds. The molecule has 2 heterocycles. The van der Waals surface area contributed by atoms with E-state index >= 15 is 0 Å². The van der Waals surface area contributed by atoms with Crippen LogP contribution in [0.25, 0.3) is 11.4 Å². The predicted octanol–water partition coefficient (Wildman–Crippen LogP) is 4.27. The summed E-state index contributed by atoms with van der Waals surface area (Å²) in [6.45, 7) is 7.16. The molecule has 0 N–H and O–H groups in total. The van der Waals surface area contributed by atoms with E-state index in [1.165, 1.54) is 5.56 Å². The Kier molecular flexibility index (Phi) is 4.86. The Labute approximate surface area is 164 Å². The smallest absolute Gasteiger partial charge is 0.232 e. The van der Waals surface area contributed by atoms with Crippen molar-refractivity contribution in [1.29, 1.82) is 0 Å². The van der Waals surface area contributed by atoms with Gasteiger partial charge in [0.25, 0.3) is 0 Å². The summed E-state index contributed by atoms with van der Waals surface area (Å²) in [6.07, 6.45) is 0.369. The highest BCUT2D eigenvalue weighted by Crippen LogP contribution is 2.34. The number of nitrogens with zero attached hydrogens (tertiary/aromatic N) is 3. The summed E-state index contributed by atoms with van der Waals surface area (Å²) in [5.74, 6) is 1.74. The van der Waals surface area contributed by atoms with Gasteiger partial charge in [0.05, 0.1) is 12.5 Å². The number of carbonyl (C=O) groups is 1. The van der Waals surface area contributed by atoms with Crippen LogP contribution < -0.4 is 9.64 Å². The van der Waals surface area contributed by atoms with Gasteiger partial charge in [-0.05, 0) is 44.5 Å². The van der Waals surface area contributed by atoms with Crippen molar-refractivity contribution in [3.8, 4) is 17.1 Å². The summed E-state index contributed by atoms with van der Waals surface area (Å²) in [5, 5.41) is 4.11. The highest BCUT2D eigenvalue weighted by molar-refractivity contribution is 5.97. The second-order valence-electron chi connectivity index (χ2n) is 7.11. The van der Waals surface area contributed by atoms with Crippen molar-refractivity contribution in [1.82, 2.24) is 10.1 Å². The van der Waals surface area contributed by atoms with E-state index in [2.05, 4.69) is 16.2 Å². The molecule has 0 spiro atoms. The molecule has 6 heteroatoms. The van der Waals surface area contributed by atoms with Gasteiger partial charge in [0.15, 0.2) is 0 Å². The van der Waals surface area contributed by atoms with E-state index in [9.17, 15) is 4.79 Å². The van der Waals surface area contributed by atoms with E-state index in [4.69, 9.17) is 9.26 Å². The average Bonchev–Trinajstić information content (AvgIpc) is 3.30. The molecule has 144 valence electrons. The van der Waals surface area contributed by atoms with Crippen LogP contribution in [0.2, 0.25) is 0 Å². The second kappa shape index (κ2) is 7.46. The maximum atomic E-state index is 12.6. The van der Waals surface area contributed by atoms with Crippen molar-refractivity contribution in [2.45, 2.75) is 33.1 Å². The van der Waals surface area contributed by atoms with E-state index < -0.39 is 0 Å². The topological polar surface area (TPSA) is 68.5 Å². The summed E-state index contributed by atoms with van der Waals surface area (Å²) in [5.41, 5.74) is 4.05. The van der Waals surface area contributed by atoms with Gasteiger partial charge in [-0.2, -0.15) is 4.98 Å². The molecule has 1 aliphatic heterocycles. The van der Waals surface area contributed by atoms with Crippen molar-refractivity contribution < 1.29 is 14.1 Å². The lowest BCUT2D eigenvalue weighted by molar-refractivity contribution is -0.117. The molecule has 1 aromatic heterocycles. The van der Waals surface area contributed by atoms with Gasteiger partial charge in [-0.15, -0.1) is 0 Å². The molecule has 0 radical (unpaired) electrons. The summed E-state index contributed by atoms with van der Waals surface area (Å²) in [7, 11) is 0. The van der Waals surface area contributed by atoms with Gasteiger partial charge in [0.2, 0.25) is 17.6 Å². The minimum absolute atomic E-state index is 0.0787. The normalized spacial score (nSPS) is 16.6. The molecule has 0 saturated carbocycles. The van der Waals surface area contributed by atoms with Crippen LogP contribution in [0.5, 0.6) is 5.75 Å². The maximum Gasteiger partial charge on any atom is 0.232 e. The van der Waals surface area contributed by atoms with E-state index in [1.54, 1.807) is 0 Å². The zero-order valence-corrected chi connectivity index (χ0v) is 16.3. The number of hydrogen-bond donors (Lipinski definition) is 0. The summed E-state index contributed by atoms with van der Waals surface area (Å²) in [4.78, 5) is 19.0. The van der Waals surface area contributed by atoms with Gasteiger partial charge in [-0.25, -0.2) is 0 Å². The Bertz CT molecular complexity index is 1010. The van der Waals surface area contributed by atoms with E-state index in [-0.39, 0.29) is 11.8 Å². The molecule has 1 fully saturated rings. The first-order chi connectivity index (χ1) is 13.5. The molecule has 1 atom stereocenters. The molecule has 28 heavy (non-hydrogen) atoms. The number of aromatic nitrogens is 2. The predicted molar refractivity (Wildman–Crippen MR) is 107 cm³/mol.